The number of carbonyl (C=O) groups excluding carboxylic acids is 1. The number of rotatable bonds is 8. The van der Waals surface area contributed by atoms with Crippen LogP contribution in [0.25, 0.3) is 11.0 Å². The standard InChI is InChI=1S/C32H36ClN5O5S/c1-3-34-17-19-35(20-18-34)25-15-16-36(22-25)31(39)30(23-7-5-4-6-8-23)37-29-21-24(33)9-14-28(29)38(32(37)40)44(41,42)27-12-10-26(43-2)11-13-27/h4-14,21,25,30H,3,15-20,22H2,1-2H3/t25-,30?/m0/s1. The highest BCUT2D eigenvalue weighted by Gasteiger charge is 2.38. The van der Waals surface area contributed by atoms with Crippen LogP contribution in [0.3, 0.4) is 0 Å². The highest BCUT2D eigenvalue weighted by molar-refractivity contribution is 7.90. The molecule has 1 amide bonds. The van der Waals surface area contributed by atoms with Crippen LogP contribution >= 0.6 is 11.6 Å². The molecule has 0 saturated carbocycles. The summed E-state index contributed by atoms with van der Waals surface area (Å²) >= 11 is 6.41. The van der Waals surface area contributed by atoms with E-state index in [0.29, 0.717) is 29.4 Å². The van der Waals surface area contributed by atoms with Crippen molar-refractivity contribution in [1.82, 2.24) is 23.2 Å². The van der Waals surface area contributed by atoms with Crippen LogP contribution in [0.4, 0.5) is 0 Å². The van der Waals surface area contributed by atoms with Crippen molar-refractivity contribution in [1.29, 1.82) is 0 Å². The summed E-state index contributed by atoms with van der Waals surface area (Å²) in [6.45, 7) is 8.23. The van der Waals surface area contributed by atoms with Crippen molar-refractivity contribution in [3.8, 4) is 5.75 Å². The van der Waals surface area contributed by atoms with E-state index in [4.69, 9.17) is 16.3 Å². The summed E-state index contributed by atoms with van der Waals surface area (Å²) in [5, 5.41) is 0.317. The van der Waals surface area contributed by atoms with Crippen LogP contribution in [-0.4, -0.2) is 96.5 Å². The number of hydrogen-bond acceptors (Lipinski definition) is 7. The Balaban J connectivity index is 1.43. The average Bonchev–Trinajstić information content (AvgIpc) is 3.65. The van der Waals surface area contributed by atoms with Crippen molar-refractivity contribution >= 4 is 38.6 Å². The third-order valence-corrected chi connectivity index (χ3v) is 10.8. The van der Waals surface area contributed by atoms with Crippen molar-refractivity contribution < 1.29 is 17.9 Å². The Bertz CT molecular complexity index is 1820. The molecule has 12 heteroatoms. The Labute approximate surface area is 262 Å². The molecule has 1 unspecified atom stereocenters. The molecule has 0 aliphatic carbocycles. The minimum absolute atomic E-state index is 0.0810. The van der Waals surface area contributed by atoms with E-state index in [2.05, 4.69) is 16.7 Å². The van der Waals surface area contributed by atoms with E-state index in [1.807, 2.05) is 11.0 Å². The number of nitrogens with zero attached hydrogens (tertiary/aromatic N) is 5. The second-order valence-electron chi connectivity index (χ2n) is 11.2. The van der Waals surface area contributed by atoms with Gasteiger partial charge in [-0.25, -0.2) is 13.2 Å². The van der Waals surface area contributed by atoms with E-state index in [0.717, 1.165) is 43.1 Å². The maximum atomic E-state index is 14.5. The molecule has 10 nitrogen and oxygen atoms in total. The number of benzene rings is 3. The number of halogens is 1. The fourth-order valence-electron chi connectivity index (χ4n) is 6.40. The Morgan fingerprint density at radius 3 is 2.32 bits per heavy atom. The Kier molecular flexibility index (Phi) is 8.56. The zero-order valence-corrected chi connectivity index (χ0v) is 26.4. The van der Waals surface area contributed by atoms with Crippen LogP contribution in [0.15, 0.2) is 82.5 Å². The highest BCUT2D eigenvalue weighted by Crippen LogP contribution is 2.31. The molecule has 3 aromatic carbocycles. The number of amides is 1. The van der Waals surface area contributed by atoms with Gasteiger partial charge in [-0.05, 0) is 61.0 Å². The number of fused-ring (bicyclic) bond motifs is 1. The van der Waals surface area contributed by atoms with Gasteiger partial charge >= 0.3 is 5.69 Å². The van der Waals surface area contributed by atoms with Gasteiger partial charge in [-0.15, -0.1) is 0 Å². The molecule has 2 atom stereocenters. The molecule has 232 valence electrons. The summed E-state index contributed by atoms with van der Waals surface area (Å²) in [6, 6.07) is 18.6. The summed E-state index contributed by atoms with van der Waals surface area (Å²) in [5.74, 6) is 0.227. The summed E-state index contributed by atoms with van der Waals surface area (Å²) in [5.41, 5.74) is 0.137. The maximum absolute atomic E-state index is 14.5. The van der Waals surface area contributed by atoms with Gasteiger partial charge < -0.3 is 14.5 Å². The van der Waals surface area contributed by atoms with Gasteiger partial charge in [0.15, 0.2) is 0 Å². The number of likely N-dealkylation sites (N-methyl/N-ethyl adjacent to an activating group) is 1. The monoisotopic (exact) mass is 637 g/mol. The van der Waals surface area contributed by atoms with E-state index in [9.17, 15) is 18.0 Å². The predicted octanol–water partition coefficient (Wildman–Crippen LogP) is 3.53. The third kappa shape index (κ3) is 5.53. The van der Waals surface area contributed by atoms with Crippen molar-refractivity contribution in [2.75, 3.05) is 52.9 Å². The minimum atomic E-state index is -4.35. The van der Waals surface area contributed by atoms with Gasteiger partial charge in [-0.1, -0.05) is 48.9 Å². The summed E-state index contributed by atoms with van der Waals surface area (Å²) in [7, 11) is -2.87. The molecule has 0 N–H and O–H groups in total. The van der Waals surface area contributed by atoms with Crippen molar-refractivity contribution in [2.24, 2.45) is 0 Å². The third-order valence-electron chi connectivity index (χ3n) is 8.85. The zero-order chi connectivity index (χ0) is 31.0. The van der Waals surface area contributed by atoms with Gasteiger partial charge in [-0.3, -0.25) is 14.3 Å². The van der Waals surface area contributed by atoms with Crippen LogP contribution in [0.5, 0.6) is 5.75 Å². The lowest BCUT2D eigenvalue weighted by Crippen LogP contribution is -2.51. The Morgan fingerprint density at radius 2 is 1.66 bits per heavy atom. The van der Waals surface area contributed by atoms with Gasteiger partial charge in [0.2, 0.25) is 0 Å². The number of piperazine rings is 1. The van der Waals surface area contributed by atoms with Crippen LogP contribution in [0.1, 0.15) is 24.9 Å². The molecule has 0 spiro atoms. The number of carbonyl (C=O) groups is 1. The Hall–Kier alpha value is -3.64. The first kappa shape index (κ1) is 30.4. The first-order chi connectivity index (χ1) is 21.2. The molecule has 0 bridgehead atoms. The van der Waals surface area contributed by atoms with Crippen molar-refractivity contribution in [2.45, 2.75) is 30.3 Å². The SMILES string of the molecule is CCN1CCN([C@H]2CCN(C(=O)C(c3ccccc3)n3c(=O)n(S(=O)(=O)c4ccc(OC)cc4)c4ccc(Cl)cc43)C2)CC1. The maximum Gasteiger partial charge on any atom is 0.344 e. The number of methoxy groups -OCH3 is 1. The molecule has 2 saturated heterocycles. The smallest absolute Gasteiger partial charge is 0.344 e. The van der Waals surface area contributed by atoms with Crippen LogP contribution in [0.2, 0.25) is 5.02 Å². The van der Waals surface area contributed by atoms with Gasteiger partial charge in [-0.2, -0.15) is 3.97 Å². The number of likely N-dealkylation sites (tertiary alicyclic amines) is 1. The fourth-order valence-corrected chi connectivity index (χ4v) is 7.96. The molecular weight excluding hydrogens is 602 g/mol. The van der Waals surface area contributed by atoms with Gasteiger partial charge in [0.1, 0.15) is 11.8 Å². The molecule has 2 fully saturated rings. The number of hydrogen-bond donors (Lipinski definition) is 0. The highest BCUT2D eigenvalue weighted by atomic mass is 35.5. The average molecular weight is 638 g/mol. The largest absolute Gasteiger partial charge is 0.497 e. The van der Waals surface area contributed by atoms with Crippen molar-refractivity contribution in [3.05, 3.63) is 93.9 Å². The molecular formula is C32H36ClN5O5S. The zero-order valence-electron chi connectivity index (χ0n) is 24.8. The van der Waals surface area contributed by atoms with Gasteiger partial charge in [0.05, 0.1) is 23.0 Å². The summed E-state index contributed by atoms with van der Waals surface area (Å²) < 4.78 is 35.2. The minimum Gasteiger partial charge on any atom is -0.497 e. The van der Waals surface area contributed by atoms with Gasteiger partial charge in [0, 0.05) is 50.3 Å². The molecule has 4 aromatic rings. The number of ether oxygens (including phenoxy) is 1. The molecule has 3 heterocycles. The van der Waals surface area contributed by atoms with E-state index in [1.165, 1.54) is 48.1 Å². The van der Waals surface area contributed by atoms with Crippen molar-refractivity contribution in [3.63, 3.8) is 0 Å². The second-order valence-corrected chi connectivity index (χ2v) is 13.5. The number of aromatic nitrogens is 2. The normalized spacial score (nSPS) is 19.0. The molecule has 2 aliphatic rings. The van der Waals surface area contributed by atoms with E-state index >= 15 is 0 Å². The van der Waals surface area contributed by atoms with E-state index < -0.39 is 21.8 Å². The topological polar surface area (TPSA) is 97.1 Å². The first-order valence-electron chi connectivity index (χ1n) is 14.8. The predicted molar refractivity (Wildman–Crippen MR) is 170 cm³/mol. The summed E-state index contributed by atoms with van der Waals surface area (Å²) in [4.78, 5) is 35.4. The second kappa shape index (κ2) is 12.4. The molecule has 6 rings (SSSR count). The lowest BCUT2D eigenvalue weighted by Gasteiger charge is -2.37. The summed E-state index contributed by atoms with van der Waals surface area (Å²) in [6.07, 6.45) is 0.841. The molecule has 44 heavy (non-hydrogen) atoms. The number of imidazole rings is 1. The van der Waals surface area contributed by atoms with E-state index in [-0.39, 0.29) is 27.9 Å². The lowest BCUT2D eigenvalue weighted by atomic mass is 10.0. The fraction of sp³-hybridized carbons (Fsp3) is 0.375. The van der Waals surface area contributed by atoms with Crippen LogP contribution < -0.4 is 10.4 Å². The first-order valence-corrected chi connectivity index (χ1v) is 16.7. The lowest BCUT2D eigenvalue weighted by molar-refractivity contribution is -0.132. The molecule has 0 radical (unpaired) electrons. The van der Waals surface area contributed by atoms with Crippen LogP contribution in [0, 0.1) is 0 Å². The quantitative estimate of drug-likeness (QED) is 0.292. The van der Waals surface area contributed by atoms with Crippen LogP contribution in [-0.2, 0) is 14.8 Å². The Morgan fingerprint density at radius 1 is 0.955 bits per heavy atom. The van der Waals surface area contributed by atoms with E-state index in [1.54, 1.807) is 30.3 Å². The molecule has 2 aliphatic heterocycles. The van der Waals surface area contributed by atoms with Gasteiger partial charge in [0.25, 0.3) is 15.9 Å². The molecule has 1 aromatic heterocycles.